The molecular weight excluding hydrogens is 296 g/mol. The molecule has 0 aliphatic carbocycles. The van der Waals surface area contributed by atoms with Gasteiger partial charge in [0, 0.05) is 4.47 Å². The molecule has 0 unspecified atom stereocenters. The van der Waals surface area contributed by atoms with Crippen LogP contribution in [-0.2, 0) is 6.61 Å². The zero-order valence-corrected chi connectivity index (χ0v) is 13.8. The first-order chi connectivity index (χ1) is 7.65. The molecule has 0 spiro atoms. The maximum Gasteiger partial charge on any atom is 0.250 e. The van der Waals surface area contributed by atoms with Crippen LogP contribution in [0.5, 0.6) is 5.75 Å². The number of aliphatic hydroxyl groups is 1. The van der Waals surface area contributed by atoms with Gasteiger partial charge in [0.1, 0.15) is 5.75 Å². The van der Waals surface area contributed by atoms with Crippen molar-refractivity contribution < 1.29 is 9.53 Å². The molecule has 0 heterocycles. The lowest BCUT2D eigenvalue weighted by Gasteiger charge is -2.36. The highest BCUT2D eigenvalue weighted by Crippen LogP contribution is 2.38. The van der Waals surface area contributed by atoms with Gasteiger partial charge in [-0.1, -0.05) is 36.7 Å². The highest BCUT2D eigenvalue weighted by molar-refractivity contribution is 9.10. The van der Waals surface area contributed by atoms with Crippen molar-refractivity contribution >= 4 is 24.2 Å². The van der Waals surface area contributed by atoms with Crippen LogP contribution in [0.2, 0.25) is 18.1 Å². The Balaban J connectivity index is 2.99. The van der Waals surface area contributed by atoms with E-state index in [0.717, 1.165) is 15.8 Å². The second-order valence-electron chi connectivity index (χ2n) is 5.82. The van der Waals surface area contributed by atoms with Gasteiger partial charge in [-0.05, 0) is 41.9 Å². The van der Waals surface area contributed by atoms with Gasteiger partial charge in [0.2, 0.25) is 8.32 Å². The number of hydrogen-bond acceptors (Lipinski definition) is 2. The van der Waals surface area contributed by atoms with Crippen LogP contribution in [0, 0.1) is 0 Å². The molecule has 0 radical (unpaired) electrons. The van der Waals surface area contributed by atoms with Gasteiger partial charge in [-0.25, -0.2) is 0 Å². The summed E-state index contributed by atoms with van der Waals surface area (Å²) in [4.78, 5) is 0. The van der Waals surface area contributed by atoms with E-state index in [1.165, 1.54) is 0 Å². The number of rotatable bonds is 3. The topological polar surface area (TPSA) is 29.5 Å². The van der Waals surface area contributed by atoms with Crippen LogP contribution in [-0.4, -0.2) is 13.4 Å². The molecule has 1 aromatic rings. The van der Waals surface area contributed by atoms with Crippen molar-refractivity contribution in [2.75, 3.05) is 0 Å². The lowest BCUT2D eigenvalue weighted by atomic mass is 10.2. The van der Waals surface area contributed by atoms with Gasteiger partial charge in [-0.2, -0.15) is 0 Å². The summed E-state index contributed by atoms with van der Waals surface area (Å²) in [6.07, 6.45) is 0. The van der Waals surface area contributed by atoms with Gasteiger partial charge >= 0.3 is 0 Å². The first kappa shape index (κ1) is 14.7. The molecule has 96 valence electrons. The van der Waals surface area contributed by atoms with Crippen molar-refractivity contribution in [1.82, 2.24) is 0 Å². The third-order valence-electron chi connectivity index (χ3n) is 3.29. The van der Waals surface area contributed by atoms with Crippen molar-refractivity contribution in [2.45, 2.75) is 45.5 Å². The van der Waals surface area contributed by atoms with E-state index in [1.54, 1.807) is 0 Å². The molecule has 2 nitrogen and oxygen atoms in total. The normalized spacial score (nSPS) is 12.6. The van der Waals surface area contributed by atoms with E-state index < -0.39 is 8.32 Å². The predicted molar refractivity (Wildman–Crippen MR) is 77.9 cm³/mol. The van der Waals surface area contributed by atoms with E-state index in [-0.39, 0.29) is 11.6 Å². The van der Waals surface area contributed by atoms with Gasteiger partial charge in [0.05, 0.1) is 6.61 Å². The molecule has 0 amide bonds. The molecule has 0 saturated carbocycles. The Morgan fingerprint density at radius 3 is 2.29 bits per heavy atom. The van der Waals surface area contributed by atoms with Crippen LogP contribution in [0.1, 0.15) is 26.3 Å². The fourth-order valence-corrected chi connectivity index (χ4v) is 2.75. The number of halogens is 1. The Hall–Kier alpha value is -0.323. The molecular formula is C13H21BrO2Si. The fourth-order valence-electron chi connectivity index (χ4n) is 1.22. The molecule has 0 bridgehead atoms. The van der Waals surface area contributed by atoms with E-state index in [0.29, 0.717) is 0 Å². The van der Waals surface area contributed by atoms with Crippen molar-refractivity contribution in [3.63, 3.8) is 0 Å². The van der Waals surface area contributed by atoms with Crippen molar-refractivity contribution in [2.24, 2.45) is 0 Å². The van der Waals surface area contributed by atoms with Crippen molar-refractivity contribution in [3.05, 3.63) is 28.2 Å². The maximum absolute atomic E-state index is 9.18. The Bertz CT molecular complexity index is 397. The monoisotopic (exact) mass is 316 g/mol. The molecule has 1 rings (SSSR count). The molecule has 0 atom stereocenters. The largest absolute Gasteiger partial charge is 0.543 e. The van der Waals surface area contributed by atoms with Gasteiger partial charge in [0.15, 0.2) is 0 Å². The van der Waals surface area contributed by atoms with Gasteiger partial charge < -0.3 is 9.53 Å². The van der Waals surface area contributed by atoms with Gasteiger partial charge in [-0.15, -0.1) is 0 Å². The summed E-state index contributed by atoms with van der Waals surface area (Å²) < 4.78 is 7.13. The standard InChI is InChI=1S/C13H21BrO2Si/c1-13(2,3)17(4,5)16-12-7-10(9-15)6-11(14)8-12/h6-8,15H,9H2,1-5H3. The van der Waals surface area contributed by atoms with Crippen LogP contribution >= 0.6 is 15.9 Å². The van der Waals surface area contributed by atoms with Gasteiger partial charge in [0.25, 0.3) is 0 Å². The fraction of sp³-hybridized carbons (Fsp3) is 0.538. The van der Waals surface area contributed by atoms with E-state index in [4.69, 9.17) is 4.43 Å². The molecule has 0 aliphatic heterocycles. The second kappa shape index (κ2) is 5.12. The van der Waals surface area contributed by atoms with Gasteiger partial charge in [-0.3, -0.25) is 0 Å². The zero-order chi connectivity index (χ0) is 13.3. The maximum atomic E-state index is 9.18. The van der Waals surface area contributed by atoms with E-state index >= 15 is 0 Å². The second-order valence-corrected chi connectivity index (χ2v) is 11.5. The van der Waals surface area contributed by atoms with Crippen LogP contribution in [0.4, 0.5) is 0 Å². The SMILES string of the molecule is CC(C)(C)[Si](C)(C)Oc1cc(Br)cc(CO)c1. The van der Waals surface area contributed by atoms with Crippen LogP contribution < -0.4 is 4.43 Å². The highest BCUT2D eigenvalue weighted by atomic mass is 79.9. The van der Waals surface area contributed by atoms with Crippen LogP contribution in [0.3, 0.4) is 0 Å². The summed E-state index contributed by atoms with van der Waals surface area (Å²) >= 11 is 3.44. The molecule has 0 fully saturated rings. The minimum absolute atomic E-state index is 0.0350. The smallest absolute Gasteiger partial charge is 0.250 e. The Morgan fingerprint density at radius 2 is 1.82 bits per heavy atom. The third kappa shape index (κ3) is 3.83. The first-order valence-electron chi connectivity index (χ1n) is 5.75. The lowest BCUT2D eigenvalue weighted by molar-refractivity contribution is 0.281. The summed E-state index contributed by atoms with van der Waals surface area (Å²) in [6.45, 7) is 11.1. The average molecular weight is 317 g/mol. The average Bonchev–Trinajstić information content (AvgIpc) is 2.14. The first-order valence-corrected chi connectivity index (χ1v) is 9.45. The minimum Gasteiger partial charge on any atom is -0.543 e. The molecule has 4 heteroatoms. The highest BCUT2D eigenvalue weighted by Gasteiger charge is 2.39. The molecule has 1 N–H and O–H groups in total. The molecule has 1 aromatic carbocycles. The zero-order valence-electron chi connectivity index (χ0n) is 11.2. The lowest BCUT2D eigenvalue weighted by Crippen LogP contribution is -2.43. The Labute approximate surface area is 113 Å². The summed E-state index contributed by atoms with van der Waals surface area (Å²) in [5, 5.41) is 9.35. The van der Waals surface area contributed by atoms with Crippen LogP contribution in [0.25, 0.3) is 0 Å². The molecule has 17 heavy (non-hydrogen) atoms. The third-order valence-corrected chi connectivity index (χ3v) is 8.11. The Kier molecular flexibility index (Phi) is 4.44. The Morgan fingerprint density at radius 1 is 1.24 bits per heavy atom. The summed E-state index contributed by atoms with van der Waals surface area (Å²) in [5.74, 6) is 0.843. The number of benzene rings is 1. The van der Waals surface area contributed by atoms with E-state index in [2.05, 4.69) is 49.8 Å². The summed E-state index contributed by atoms with van der Waals surface area (Å²) in [5.41, 5.74) is 0.869. The van der Waals surface area contributed by atoms with E-state index in [1.807, 2.05) is 18.2 Å². The number of aliphatic hydroxyl groups excluding tert-OH is 1. The molecule has 0 aliphatic rings. The summed E-state index contributed by atoms with van der Waals surface area (Å²) in [6, 6.07) is 5.77. The number of hydrogen-bond donors (Lipinski definition) is 1. The van der Waals surface area contributed by atoms with Crippen molar-refractivity contribution in [1.29, 1.82) is 0 Å². The van der Waals surface area contributed by atoms with Crippen LogP contribution in [0.15, 0.2) is 22.7 Å². The van der Waals surface area contributed by atoms with E-state index in [9.17, 15) is 5.11 Å². The van der Waals surface area contributed by atoms with Crippen molar-refractivity contribution in [3.8, 4) is 5.75 Å². The summed E-state index contributed by atoms with van der Waals surface area (Å²) in [7, 11) is -1.81. The quantitative estimate of drug-likeness (QED) is 0.841. The molecule has 0 saturated heterocycles. The molecule has 0 aromatic heterocycles. The predicted octanol–water partition coefficient (Wildman–Crippen LogP) is 4.33. The minimum atomic E-state index is -1.81.